The fraction of sp³-hybridized carbons (Fsp3) is 0.500. The largest absolute Gasteiger partial charge is 0.493 e. The zero-order chi connectivity index (χ0) is 13.6. The van der Waals surface area contributed by atoms with Crippen LogP contribution in [-0.4, -0.2) is 12.1 Å². The van der Waals surface area contributed by atoms with E-state index in [9.17, 15) is 0 Å². The predicted octanol–water partition coefficient (Wildman–Crippen LogP) is 3.84. The fourth-order valence-corrected chi connectivity index (χ4v) is 1.60. The van der Waals surface area contributed by atoms with E-state index in [1.54, 1.807) is 0 Å². The van der Waals surface area contributed by atoms with Crippen LogP contribution in [-0.2, 0) is 6.54 Å². The first-order chi connectivity index (χ1) is 8.42. The van der Waals surface area contributed by atoms with Gasteiger partial charge in [-0.2, -0.15) is 0 Å². The van der Waals surface area contributed by atoms with Gasteiger partial charge in [-0.25, -0.2) is 0 Å². The Balaban J connectivity index is 2.73. The standard InChI is InChI=1S/C16H25NO/c1-6-7-10-18-15-9-8-13(2)11-14(15)12-17-16(3,4)5/h6,8-9,11,17H,1,7,10,12H2,2-5H3. The van der Waals surface area contributed by atoms with Gasteiger partial charge < -0.3 is 10.1 Å². The minimum absolute atomic E-state index is 0.113. The second-order valence-electron chi connectivity index (χ2n) is 5.64. The van der Waals surface area contributed by atoms with Crippen molar-refractivity contribution in [3.05, 3.63) is 42.0 Å². The van der Waals surface area contributed by atoms with Gasteiger partial charge in [-0.3, -0.25) is 0 Å². The number of nitrogens with one attached hydrogen (secondary N) is 1. The first-order valence-corrected chi connectivity index (χ1v) is 6.50. The molecule has 0 amide bonds. The minimum atomic E-state index is 0.113. The molecular formula is C16H25NO. The number of benzene rings is 1. The van der Waals surface area contributed by atoms with Crippen LogP contribution in [0.25, 0.3) is 0 Å². The van der Waals surface area contributed by atoms with Gasteiger partial charge in [-0.1, -0.05) is 23.8 Å². The third-order valence-corrected chi connectivity index (χ3v) is 2.60. The molecule has 0 aliphatic rings. The molecule has 0 heterocycles. The quantitative estimate of drug-likeness (QED) is 0.609. The first kappa shape index (κ1) is 14.8. The van der Waals surface area contributed by atoms with Crippen LogP contribution >= 0.6 is 0 Å². The van der Waals surface area contributed by atoms with Crippen molar-refractivity contribution < 1.29 is 4.74 Å². The highest BCUT2D eigenvalue weighted by molar-refractivity contribution is 5.37. The second kappa shape index (κ2) is 6.60. The molecule has 1 rings (SSSR count). The van der Waals surface area contributed by atoms with E-state index in [1.807, 2.05) is 6.08 Å². The summed E-state index contributed by atoms with van der Waals surface area (Å²) < 4.78 is 5.79. The summed E-state index contributed by atoms with van der Waals surface area (Å²) in [6.07, 6.45) is 2.75. The Morgan fingerprint density at radius 3 is 2.67 bits per heavy atom. The fourth-order valence-electron chi connectivity index (χ4n) is 1.60. The summed E-state index contributed by atoms with van der Waals surface area (Å²) in [6.45, 7) is 13.8. The molecule has 18 heavy (non-hydrogen) atoms. The van der Waals surface area contributed by atoms with E-state index in [-0.39, 0.29) is 5.54 Å². The molecule has 0 aromatic heterocycles. The molecule has 1 N–H and O–H groups in total. The molecule has 100 valence electrons. The van der Waals surface area contributed by atoms with Gasteiger partial charge in [-0.05, 0) is 40.2 Å². The topological polar surface area (TPSA) is 21.3 Å². The van der Waals surface area contributed by atoms with Crippen LogP contribution in [0.15, 0.2) is 30.9 Å². The molecule has 0 saturated heterocycles. The summed E-state index contributed by atoms with van der Waals surface area (Å²) in [6, 6.07) is 6.32. The SMILES string of the molecule is C=CCCOc1ccc(C)cc1CNC(C)(C)C. The van der Waals surface area contributed by atoms with Gasteiger partial charge in [-0.15, -0.1) is 6.58 Å². The molecule has 0 unspecified atom stereocenters. The van der Waals surface area contributed by atoms with Crippen LogP contribution in [0, 0.1) is 6.92 Å². The molecule has 1 aromatic carbocycles. The smallest absolute Gasteiger partial charge is 0.123 e. The van der Waals surface area contributed by atoms with E-state index < -0.39 is 0 Å². The summed E-state index contributed by atoms with van der Waals surface area (Å²) in [4.78, 5) is 0. The van der Waals surface area contributed by atoms with Crippen molar-refractivity contribution in [2.24, 2.45) is 0 Å². The lowest BCUT2D eigenvalue weighted by atomic mass is 10.1. The highest BCUT2D eigenvalue weighted by Crippen LogP contribution is 2.21. The van der Waals surface area contributed by atoms with Gasteiger partial charge >= 0.3 is 0 Å². The van der Waals surface area contributed by atoms with Crippen molar-refractivity contribution in [2.45, 2.75) is 46.2 Å². The third kappa shape index (κ3) is 5.37. The normalized spacial score (nSPS) is 11.3. The molecule has 0 aliphatic heterocycles. The number of hydrogen-bond acceptors (Lipinski definition) is 2. The molecule has 2 heteroatoms. The van der Waals surface area contributed by atoms with Crippen LogP contribution in [0.2, 0.25) is 0 Å². The van der Waals surface area contributed by atoms with Gasteiger partial charge in [0.25, 0.3) is 0 Å². The second-order valence-corrected chi connectivity index (χ2v) is 5.64. The Morgan fingerprint density at radius 2 is 2.06 bits per heavy atom. The van der Waals surface area contributed by atoms with E-state index in [0.29, 0.717) is 6.61 Å². The number of rotatable bonds is 6. The molecule has 0 bridgehead atoms. The highest BCUT2D eigenvalue weighted by atomic mass is 16.5. The van der Waals surface area contributed by atoms with Gasteiger partial charge in [0.2, 0.25) is 0 Å². The van der Waals surface area contributed by atoms with E-state index in [2.05, 4.69) is 57.8 Å². The number of aryl methyl sites for hydroxylation is 1. The lowest BCUT2D eigenvalue weighted by Gasteiger charge is -2.22. The van der Waals surface area contributed by atoms with Gasteiger partial charge in [0.05, 0.1) is 6.61 Å². The number of hydrogen-bond donors (Lipinski definition) is 1. The van der Waals surface area contributed by atoms with E-state index in [1.165, 1.54) is 11.1 Å². The Morgan fingerprint density at radius 1 is 1.33 bits per heavy atom. The van der Waals surface area contributed by atoms with E-state index >= 15 is 0 Å². The zero-order valence-electron chi connectivity index (χ0n) is 12.0. The lowest BCUT2D eigenvalue weighted by Crippen LogP contribution is -2.35. The summed E-state index contributed by atoms with van der Waals surface area (Å²) in [5.74, 6) is 0.971. The van der Waals surface area contributed by atoms with Gasteiger partial charge in [0.15, 0.2) is 0 Å². The molecule has 0 fully saturated rings. The molecular weight excluding hydrogens is 222 g/mol. The molecule has 0 aliphatic carbocycles. The van der Waals surface area contributed by atoms with Crippen LogP contribution in [0.1, 0.15) is 38.3 Å². The molecule has 2 nitrogen and oxygen atoms in total. The zero-order valence-corrected chi connectivity index (χ0v) is 12.0. The Hall–Kier alpha value is -1.28. The highest BCUT2D eigenvalue weighted by Gasteiger charge is 2.11. The van der Waals surface area contributed by atoms with Crippen molar-refractivity contribution in [2.75, 3.05) is 6.61 Å². The third-order valence-electron chi connectivity index (χ3n) is 2.60. The first-order valence-electron chi connectivity index (χ1n) is 6.50. The van der Waals surface area contributed by atoms with Gasteiger partial charge in [0, 0.05) is 17.6 Å². The van der Waals surface area contributed by atoms with Crippen LogP contribution < -0.4 is 10.1 Å². The molecule has 1 aromatic rings. The molecule has 0 atom stereocenters. The van der Waals surface area contributed by atoms with Crippen molar-refractivity contribution in [1.29, 1.82) is 0 Å². The molecule has 0 saturated carbocycles. The van der Waals surface area contributed by atoms with Crippen molar-refractivity contribution in [1.82, 2.24) is 5.32 Å². The average Bonchev–Trinajstić information content (AvgIpc) is 2.28. The summed E-state index contributed by atoms with van der Waals surface area (Å²) in [5.41, 5.74) is 2.59. The van der Waals surface area contributed by atoms with E-state index in [0.717, 1.165) is 18.7 Å². The molecule has 0 radical (unpaired) electrons. The average molecular weight is 247 g/mol. The van der Waals surface area contributed by atoms with Crippen LogP contribution in [0.3, 0.4) is 0 Å². The van der Waals surface area contributed by atoms with Crippen molar-refractivity contribution in [3.63, 3.8) is 0 Å². The number of ether oxygens (including phenoxy) is 1. The maximum atomic E-state index is 5.79. The lowest BCUT2D eigenvalue weighted by molar-refractivity contribution is 0.318. The Kier molecular flexibility index (Phi) is 5.42. The van der Waals surface area contributed by atoms with Crippen LogP contribution in [0.4, 0.5) is 0 Å². The summed E-state index contributed by atoms with van der Waals surface area (Å²) in [5, 5.41) is 3.50. The van der Waals surface area contributed by atoms with Crippen LogP contribution in [0.5, 0.6) is 5.75 Å². The summed E-state index contributed by atoms with van der Waals surface area (Å²) in [7, 11) is 0. The Labute approximate surface area is 111 Å². The van der Waals surface area contributed by atoms with Crippen molar-refractivity contribution in [3.8, 4) is 5.75 Å². The Bertz CT molecular complexity index is 391. The maximum Gasteiger partial charge on any atom is 0.123 e. The monoisotopic (exact) mass is 247 g/mol. The summed E-state index contributed by atoms with van der Waals surface area (Å²) >= 11 is 0. The van der Waals surface area contributed by atoms with Crippen molar-refractivity contribution >= 4 is 0 Å². The molecule has 0 spiro atoms. The van der Waals surface area contributed by atoms with Gasteiger partial charge in [0.1, 0.15) is 5.75 Å². The van der Waals surface area contributed by atoms with E-state index in [4.69, 9.17) is 4.74 Å². The predicted molar refractivity (Wildman–Crippen MR) is 78.1 cm³/mol. The maximum absolute atomic E-state index is 5.79. The minimum Gasteiger partial charge on any atom is -0.493 e.